The Morgan fingerprint density at radius 1 is 1.33 bits per heavy atom. The number of likely N-dealkylation sites (tertiary alicyclic amines) is 1. The highest BCUT2D eigenvalue weighted by molar-refractivity contribution is 5.17. The van der Waals surface area contributed by atoms with Crippen LogP contribution >= 0.6 is 0 Å². The van der Waals surface area contributed by atoms with Gasteiger partial charge in [0.15, 0.2) is 0 Å². The van der Waals surface area contributed by atoms with Crippen LogP contribution in [0, 0.1) is 0 Å². The second-order valence-electron chi connectivity index (χ2n) is 4.79. The molecule has 1 aromatic rings. The van der Waals surface area contributed by atoms with Crippen LogP contribution in [0.25, 0.3) is 0 Å². The van der Waals surface area contributed by atoms with Gasteiger partial charge in [0.1, 0.15) is 0 Å². The zero-order chi connectivity index (χ0) is 12.6. The van der Waals surface area contributed by atoms with Crippen molar-refractivity contribution in [1.82, 2.24) is 15.2 Å². The fraction of sp³-hybridized carbons (Fsp3) is 0.643. The van der Waals surface area contributed by atoms with Crippen molar-refractivity contribution in [3.63, 3.8) is 0 Å². The van der Waals surface area contributed by atoms with Crippen molar-refractivity contribution in [1.29, 1.82) is 0 Å². The first-order valence-corrected chi connectivity index (χ1v) is 6.80. The fourth-order valence-electron chi connectivity index (χ4n) is 2.30. The van der Waals surface area contributed by atoms with Gasteiger partial charge >= 0.3 is 0 Å². The average Bonchev–Trinajstić information content (AvgIpc) is 2.92. The van der Waals surface area contributed by atoms with E-state index in [-0.39, 0.29) is 0 Å². The predicted octanol–water partition coefficient (Wildman–Crippen LogP) is 1.67. The number of ether oxygens (including phenoxy) is 1. The monoisotopic (exact) mass is 249 g/mol. The molecule has 4 heteroatoms. The van der Waals surface area contributed by atoms with Gasteiger partial charge in [0.05, 0.1) is 7.11 Å². The minimum atomic E-state index is 0.674. The number of hydrogen-bond acceptors (Lipinski definition) is 4. The SMILES string of the molecule is COc1ccc(CNCCCN2CCCC2)cn1. The summed E-state index contributed by atoms with van der Waals surface area (Å²) in [5.41, 5.74) is 1.21. The van der Waals surface area contributed by atoms with Crippen LogP contribution in [0.15, 0.2) is 18.3 Å². The average molecular weight is 249 g/mol. The quantitative estimate of drug-likeness (QED) is 0.746. The number of pyridine rings is 1. The molecule has 100 valence electrons. The number of methoxy groups -OCH3 is 1. The van der Waals surface area contributed by atoms with Crippen molar-refractivity contribution in [2.75, 3.05) is 33.3 Å². The molecule has 0 aliphatic carbocycles. The molecule has 1 N–H and O–H groups in total. The highest BCUT2D eigenvalue weighted by Gasteiger charge is 2.09. The third kappa shape index (κ3) is 4.27. The molecule has 0 saturated carbocycles. The van der Waals surface area contributed by atoms with E-state index in [4.69, 9.17) is 4.74 Å². The molecule has 2 heterocycles. The summed E-state index contributed by atoms with van der Waals surface area (Å²) in [6.07, 6.45) is 5.85. The highest BCUT2D eigenvalue weighted by Crippen LogP contribution is 2.07. The lowest BCUT2D eigenvalue weighted by molar-refractivity contribution is 0.331. The van der Waals surface area contributed by atoms with E-state index >= 15 is 0 Å². The molecule has 0 radical (unpaired) electrons. The van der Waals surface area contributed by atoms with Gasteiger partial charge in [-0.1, -0.05) is 6.07 Å². The second-order valence-corrected chi connectivity index (χ2v) is 4.79. The van der Waals surface area contributed by atoms with Gasteiger partial charge in [0.2, 0.25) is 5.88 Å². The van der Waals surface area contributed by atoms with Crippen LogP contribution in [0.2, 0.25) is 0 Å². The molecule has 0 spiro atoms. The van der Waals surface area contributed by atoms with Crippen LogP contribution in [0.3, 0.4) is 0 Å². The van der Waals surface area contributed by atoms with Crippen LogP contribution in [0.1, 0.15) is 24.8 Å². The Kier molecular flexibility index (Phi) is 5.42. The van der Waals surface area contributed by atoms with Crippen molar-refractivity contribution in [3.8, 4) is 5.88 Å². The van der Waals surface area contributed by atoms with E-state index in [9.17, 15) is 0 Å². The van der Waals surface area contributed by atoms with Gasteiger partial charge < -0.3 is 15.0 Å². The summed E-state index contributed by atoms with van der Waals surface area (Å²) in [6, 6.07) is 3.96. The standard InChI is InChI=1S/C14H23N3O/c1-18-14-6-5-13(12-16-14)11-15-7-4-10-17-8-2-3-9-17/h5-6,12,15H,2-4,7-11H2,1H3. The van der Waals surface area contributed by atoms with Crippen molar-refractivity contribution < 1.29 is 4.74 Å². The first kappa shape index (κ1) is 13.3. The van der Waals surface area contributed by atoms with Crippen molar-refractivity contribution >= 4 is 0 Å². The molecule has 0 bridgehead atoms. The van der Waals surface area contributed by atoms with Gasteiger partial charge in [-0.3, -0.25) is 0 Å². The van der Waals surface area contributed by atoms with Gasteiger partial charge in [-0.2, -0.15) is 0 Å². The van der Waals surface area contributed by atoms with E-state index in [0.717, 1.165) is 13.1 Å². The van der Waals surface area contributed by atoms with E-state index in [2.05, 4.69) is 21.3 Å². The maximum Gasteiger partial charge on any atom is 0.212 e. The first-order chi connectivity index (χ1) is 8.88. The predicted molar refractivity (Wildman–Crippen MR) is 72.8 cm³/mol. The van der Waals surface area contributed by atoms with E-state index in [1.165, 1.54) is 44.5 Å². The first-order valence-electron chi connectivity index (χ1n) is 6.80. The maximum absolute atomic E-state index is 5.03. The highest BCUT2D eigenvalue weighted by atomic mass is 16.5. The zero-order valence-electron chi connectivity index (χ0n) is 11.2. The lowest BCUT2D eigenvalue weighted by atomic mass is 10.3. The molecule has 0 unspecified atom stereocenters. The lowest BCUT2D eigenvalue weighted by Gasteiger charge is -2.14. The van der Waals surface area contributed by atoms with E-state index in [0.29, 0.717) is 5.88 Å². The number of nitrogens with one attached hydrogen (secondary N) is 1. The summed E-state index contributed by atoms with van der Waals surface area (Å²) in [5, 5.41) is 3.46. The minimum Gasteiger partial charge on any atom is -0.481 e. The molecule has 2 rings (SSSR count). The molecular weight excluding hydrogens is 226 g/mol. The molecule has 1 aliphatic heterocycles. The summed E-state index contributed by atoms with van der Waals surface area (Å²) < 4.78 is 5.03. The third-order valence-corrected chi connectivity index (χ3v) is 3.36. The molecule has 0 aromatic carbocycles. The Labute approximate surface area is 109 Å². The summed E-state index contributed by atoms with van der Waals surface area (Å²) >= 11 is 0. The van der Waals surface area contributed by atoms with Gasteiger partial charge in [-0.05, 0) is 51.0 Å². The third-order valence-electron chi connectivity index (χ3n) is 3.36. The van der Waals surface area contributed by atoms with Crippen LogP contribution in [-0.4, -0.2) is 43.2 Å². The zero-order valence-corrected chi connectivity index (χ0v) is 11.2. The van der Waals surface area contributed by atoms with E-state index in [1.807, 2.05) is 12.3 Å². The van der Waals surface area contributed by atoms with Crippen LogP contribution in [0.5, 0.6) is 5.88 Å². The number of hydrogen-bond donors (Lipinski definition) is 1. The van der Waals surface area contributed by atoms with Gasteiger partial charge in [-0.15, -0.1) is 0 Å². The molecule has 1 aromatic heterocycles. The Balaban J connectivity index is 1.56. The summed E-state index contributed by atoms with van der Waals surface area (Å²) in [4.78, 5) is 6.74. The maximum atomic E-state index is 5.03. The lowest BCUT2D eigenvalue weighted by Crippen LogP contribution is -2.24. The molecule has 1 aliphatic rings. The Hall–Kier alpha value is -1.13. The summed E-state index contributed by atoms with van der Waals surface area (Å²) in [7, 11) is 1.64. The van der Waals surface area contributed by atoms with Crippen molar-refractivity contribution in [2.24, 2.45) is 0 Å². The minimum absolute atomic E-state index is 0.674. The smallest absolute Gasteiger partial charge is 0.212 e. The molecule has 0 amide bonds. The van der Waals surface area contributed by atoms with E-state index in [1.54, 1.807) is 7.11 Å². The van der Waals surface area contributed by atoms with Crippen molar-refractivity contribution in [2.45, 2.75) is 25.8 Å². The molecule has 1 fully saturated rings. The number of aromatic nitrogens is 1. The summed E-state index contributed by atoms with van der Waals surface area (Å²) in [5.74, 6) is 0.674. The van der Waals surface area contributed by atoms with Gasteiger partial charge in [0.25, 0.3) is 0 Å². The van der Waals surface area contributed by atoms with Gasteiger partial charge in [-0.25, -0.2) is 4.98 Å². The summed E-state index contributed by atoms with van der Waals surface area (Å²) in [6.45, 7) is 5.78. The number of nitrogens with zero attached hydrogens (tertiary/aromatic N) is 2. The Morgan fingerprint density at radius 2 is 2.17 bits per heavy atom. The van der Waals surface area contributed by atoms with Gasteiger partial charge in [0, 0.05) is 18.8 Å². The molecule has 18 heavy (non-hydrogen) atoms. The normalized spacial score (nSPS) is 16.1. The van der Waals surface area contributed by atoms with Crippen LogP contribution in [0.4, 0.5) is 0 Å². The topological polar surface area (TPSA) is 37.4 Å². The van der Waals surface area contributed by atoms with Crippen LogP contribution in [-0.2, 0) is 6.54 Å². The molecule has 0 atom stereocenters. The van der Waals surface area contributed by atoms with Crippen LogP contribution < -0.4 is 10.1 Å². The fourth-order valence-corrected chi connectivity index (χ4v) is 2.30. The second kappa shape index (κ2) is 7.34. The molecule has 4 nitrogen and oxygen atoms in total. The molecular formula is C14H23N3O. The van der Waals surface area contributed by atoms with E-state index < -0.39 is 0 Å². The molecule has 1 saturated heterocycles. The Bertz CT molecular complexity index is 333. The largest absolute Gasteiger partial charge is 0.481 e. The Morgan fingerprint density at radius 3 is 2.83 bits per heavy atom. The number of rotatable bonds is 7. The van der Waals surface area contributed by atoms with Crippen molar-refractivity contribution in [3.05, 3.63) is 23.9 Å².